The van der Waals surface area contributed by atoms with Crippen molar-refractivity contribution in [2.75, 3.05) is 0 Å². The van der Waals surface area contributed by atoms with E-state index in [4.69, 9.17) is 5.73 Å². The van der Waals surface area contributed by atoms with E-state index in [-0.39, 0.29) is 6.04 Å². The second-order valence-corrected chi connectivity index (χ2v) is 4.72. The van der Waals surface area contributed by atoms with Crippen molar-refractivity contribution in [1.29, 1.82) is 0 Å². The predicted octanol–water partition coefficient (Wildman–Crippen LogP) is 3.34. The minimum absolute atomic E-state index is 0.133. The lowest BCUT2D eigenvalue weighted by Crippen LogP contribution is -2.11. The zero-order valence-electron chi connectivity index (χ0n) is 9.21. The van der Waals surface area contributed by atoms with E-state index in [2.05, 4.69) is 35.3 Å². The van der Waals surface area contributed by atoms with Gasteiger partial charge in [0, 0.05) is 5.38 Å². The van der Waals surface area contributed by atoms with Crippen molar-refractivity contribution in [1.82, 2.24) is 4.98 Å². The van der Waals surface area contributed by atoms with Gasteiger partial charge in [-0.3, -0.25) is 0 Å². The summed E-state index contributed by atoms with van der Waals surface area (Å²) in [6, 6.07) is 14.5. The van der Waals surface area contributed by atoms with Crippen LogP contribution in [-0.2, 0) is 0 Å². The molecule has 2 N–H and O–H groups in total. The molecule has 0 fully saturated rings. The van der Waals surface area contributed by atoms with Crippen molar-refractivity contribution in [3.05, 3.63) is 64.6 Å². The van der Waals surface area contributed by atoms with Gasteiger partial charge in [-0.1, -0.05) is 36.4 Å². The number of fused-ring (bicyclic) bond motifs is 1. The van der Waals surface area contributed by atoms with Gasteiger partial charge in [-0.05, 0) is 22.4 Å². The van der Waals surface area contributed by atoms with Crippen LogP contribution in [0.2, 0.25) is 0 Å². The fraction of sp³-hybridized carbons (Fsp3) is 0.0714. The van der Waals surface area contributed by atoms with Crippen molar-refractivity contribution in [2.45, 2.75) is 6.04 Å². The highest BCUT2D eigenvalue weighted by Crippen LogP contribution is 2.23. The third-order valence-electron chi connectivity index (χ3n) is 2.90. The Morgan fingerprint density at radius 1 is 1.06 bits per heavy atom. The molecule has 0 aliphatic heterocycles. The van der Waals surface area contributed by atoms with Gasteiger partial charge in [0.05, 0.1) is 17.2 Å². The molecule has 3 rings (SSSR count). The SMILES string of the molecule is NC(c1ccc2ccccc2c1)c1cscn1. The van der Waals surface area contributed by atoms with E-state index >= 15 is 0 Å². The fourth-order valence-corrected chi connectivity index (χ4v) is 2.54. The molecule has 1 unspecified atom stereocenters. The molecule has 0 bridgehead atoms. The first-order chi connectivity index (χ1) is 8.34. The maximum atomic E-state index is 6.20. The number of rotatable bonds is 2. The summed E-state index contributed by atoms with van der Waals surface area (Å²) in [6.07, 6.45) is 0. The third kappa shape index (κ3) is 1.95. The lowest BCUT2D eigenvalue weighted by atomic mass is 10.0. The number of benzene rings is 2. The van der Waals surface area contributed by atoms with Crippen LogP contribution in [0.3, 0.4) is 0 Å². The van der Waals surface area contributed by atoms with Crippen LogP contribution in [0.5, 0.6) is 0 Å². The molecular weight excluding hydrogens is 228 g/mol. The Balaban J connectivity index is 2.06. The van der Waals surface area contributed by atoms with Crippen LogP contribution < -0.4 is 5.73 Å². The Morgan fingerprint density at radius 2 is 1.88 bits per heavy atom. The van der Waals surface area contributed by atoms with Gasteiger partial charge in [-0.25, -0.2) is 4.98 Å². The van der Waals surface area contributed by atoms with E-state index in [0.717, 1.165) is 11.3 Å². The third-order valence-corrected chi connectivity index (χ3v) is 3.51. The van der Waals surface area contributed by atoms with E-state index < -0.39 is 0 Å². The summed E-state index contributed by atoms with van der Waals surface area (Å²) >= 11 is 1.58. The first-order valence-corrected chi connectivity index (χ1v) is 6.41. The molecule has 0 amide bonds. The monoisotopic (exact) mass is 240 g/mol. The smallest absolute Gasteiger partial charge is 0.0795 e. The molecule has 1 aromatic heterocycles. The molecule has 84 valence electrons. The summed E-state index contributed by atoms with van der Waals surface area (Å²) in [5.74, 6) is 0. The van der Waals surface area contributed by atoms with Crippen LogP contribution >= 0.6 is 11.3 Å². The number of thiazole rings is 1. The average molecular weight is 240 g/mol. The van der Waals surface area contributed by atoms with Gasteiger partial charge < -0.3 is 5.73 Å². The summed E-state index contributed by atoms with van der Waals surface area (Å²) in [5, 5.41) is 4.46. The molecule has 2 aromatic carbocycles. The van der Waals surface area contributed by atoms with Gasteiger partial charge in [0.15, 0.2) is 0 Å². The lowest BCUT2D eigenvalue weighted by molar-refractivity contribution is 0.840. The van der Waals surface area contributed by atoms with Crippen LogP contribution in [0.15, 0.2) is 53.4 Å². The molecule has 0 radical (unpaired) electrons. The van der Waals surface area contributed by atoms with Gasteiger partial charge in [0.1, 0.15) is 0 Å². The van der Waals surface area contributed by atoms with E-state index in [1.54, 1.807) is 11.3 Å². The zero-order valence-corrected chi connectivity index (χ0v) is 10.0. The summed E-state index contributed by atoms with van der Waals surface area (Å²) in [5.41, 5.74) is 10.1. The largest absolute Gasteiger partial charge is 0.319 e. The first-order valence-electron chi connectivity index (χ1n) is 5.47. The summed E-state index contributed by atoms with van der Waals surface area (Å²) in [7, 11) is 0. The highest BCUT2D eigenvalue weighted by atomic mass is 32.1. The standard InChI is InChI=1S/C14H12N2S/c15-14(13-8-17-9-16-13)12-6-5-10-3-1-2-4-11(10)7-12/h1-9,14H,15H2. The normalized spacial score (nSPS) is 12.8. The maximum absolute atomic E-state index is 6.20. The molecule has 0 aliphatic rings. The molecule has 0 aliphatic carbocycles. The minimum Gasteiger partial charge on any atom is -0.319 e. The molecule has 3 heteroatoms. The van der Waals surface area contributed by atoms with E-state index in [9.17, 15) is 0 Å². The Hall–Kier alpha value is -1.71. The minimum atomic E-state index is -0.133. The van der Waals surface area contributed by atoms with Crippen molar-refractivity contribution in [2.24, 2.45) is 5.73 Å². The summed E-state index contributed by atoms with van der Waals surface area (Å²) < 4.78 is 0. The summed E-state index contributed by atoms with van der Waals surface area (Å²) in [6.45, 7) is 0. The van der Waals surface area contributed by atoms with E-state index in [1.807, 2.05) is 23.0 Å². The van der Waals surface area contributed by atoms with E-state index in [1.165, 1.54) is 10.8 Å². The van der Waals surface area contributed by atoms with Gasteiger partial charge in [0.25, 0.3) is 0 Å². The topological polar surface area (TPSA) is 38.9 Å². The van der Waals surface area contributed by atoms with Gasteiger partial charge in [-0.2, -0.15) is 0 Å². The summed E-state index contributed by atoms with van der Waals surface area (Å²) in [4.78, 5) is 4.27. The van der Waals surface area contributed by atoms with Crippen LogP contribution in [-0.4, -0.2) is 4.98 Å². The number of hydrogen-bond acceptors (Lipinski definition) is 3. The molecular formula is C14H12N2S. The van der Waals surface area contributed by atoms with Gasteiger partial charge in [0.2, 0.25) is 0 Å². The maximum Gasteiger partial charge on any atom is 0.0795 e. The van der Waals surface area contributed by atoms with Crippen LogP contribution in [0, 0.1) is 0 Å². The van der Waals surface area contributed by atoms with Crippen molar-refractivity contribution in [3.63, 3.8) is 0 Å². The molecule has 1 heterocycles. The molecule has 3 aromatic rings. The predicted molar refractivity (Wildman–Crippen MR) is 72.1 cm³/mol. The zero-order chi connectivity index (χ0) is 11.7. The first kappa shape index (κ1) is 10.4. The fourth-order valence-electron chi connectivity index (χ4n) is 1.95. The Labute approximate surface area is 104 Å². The highest BCUT2D eigenvalue weighted by molar-refractivity contribution is 7.07. The molecule has 17 heavy (non-hydrogen) atoms. The average Bonchev–Trinajstić information content (AvgIpc) is 2.91. The molecule has 0 spiro atoms. The number of hydrogen-bond donors (Lipinski definition) is 1. The second-order valence-electron chi connectivity index (χ2n) is 4.00. The van der Waals surface area contributed by atoms with E-state index in [0.29, 0.717) is 0 Å². The lowest BCUT2D eigenvalue weighted by Gasteiger charge is -2.10. The Morgan fingerprint density at radius 3 is 2.65 bits per heavy atom. The Bertz CT molecular complexity index is 632. The Kier molecular flexibility index (Phi) is 2.63. The van der Waals surface area contributed by atoms with Crippen molar-refractivity contribution >= 4 is 22.1 Å². The number of nitrogens with zero attached hydrogens (tertiary/aromatic N) is 1. The highest BCUT2D eigenvalue weighted by Gasteiger charge is 2.10. The van der Waals surface area contributed by atoms with Gasteiger partial charge in [-0.15, -0.1) is 11.3 Å². The van der Waals surface area contributed by atoms with Crippen molar-refractivity contribution in [3.8, 4) is 0 Å². The molecule has 0 saturated carbocycles. The van der Waals surface area contributed by atoms with Gasteiger partial charge >= 0.3 is 0 Å². The van der Waals surface area contributed by atoms with Crippen LogP contribution in [0.1, 0.15) is 17.3 Å². The van der Waals surface area contributed by atoms with Crippen LogP contribution in [0.4, 0.5) is 0 Å². The quantitative estimate of drug-likeness (QED) is 0.746. The van der Waals surface area contributed by atoms with Crippen molar-refractivity contribution < 1.29 is 0 Å². The van der Waals surface area contributed by atoms with Crippen LogP contribution in [0.25, 0.3) is 10.8 Å². The molecule has 2 nitrogen and oxygen atoms in total. The molecule has 0 saturated heterocycles. The molecule has 1 atom stereocenters. The number of nitrogens with two attached hydrogens (primary N) is 1. The number of aromatic nitrogens is 1. The second kappa shape index (κ2) is 4.28.